The van der Waals surface area contributed by atoms with Gasteiger partial charge in [-0.1, -0.05) is 47.7 Å². The molecule has 0 bridgehead atoms. The van der Waals surface area contributed by atoms with Gasteiger partial charge in [0.05, 0.1) is 5.75 Å². The van der Waals surface area contributed by atoms with Crippen molar-refractivity contribution in [3.05, 3.63) is 66.0 Å². The van der Waals surface area contributed by atoms with E-state index < -0.39 is 0 Å². The zero-order chi connectivity index (χ0) is 22.3. The molecule has 2 aromatic carbocycles. The van der Waals surface area contributed by atoms with E-state index in [9.17, 15) is 4.79 Å². The van der Waals surface area contributed by atoms with Gasteiger partial charge >= 0.3 is 0 Å². The lowest BCUT2D eigenvalue weighted by atomic mass is 10.2. The zero-order valence-corrected chi connectivity index (χ0v) is 19.4. The van der Waals surface area contributed by atoms with E-state index in [4.69, 9.17) is 4.74 Å². The van der Waals surface area contributed by atoms with Crippen molar-refractivity contribution >= 4 is 17.7 Å². The number of aromatic nitrogens is 3. The van der Waals surface area contributed by atoms with Crippen molar-refractivity contribution in [3.8, 4) is 11.4 Å². The number of carbonyl (C=O) groups excluding carboxylic acids is 1. The van der Waals surface area contributed by atoms with E-state index in [1.165, 1.54) is 17.3 Å². The van der Waals surface area contributed by atoms with Gasteiger partial charge in [0.25, 0.3) is 0 Å². The molecule has 3 aromatic rings. The van der Waals surface area contributed by atoms with E-state index in [0.29, 0.717) is 12.4 Å². The Hall–Kier alpha value is -2.84. The minimum Gasteiger partial charge on any atom is -0.492 e. The van der Waals surface area contributed by atoms with E-state index >= 15 is 0 Å². The molecule has 0 radical (unpaired) electrons. The van der Waals surface area contributed by atoms with Crippen LogP contribution in [0.3, 0.4) is 0 Å². The molecule has 168 valence electrons. The highest BCUT2D eigenvalue weighted by Gasteiger charge is 2.22. The predicted molar refractivity (Wildman–Crippen MR) is 127 cm³/mol. The molecule has 0 saturated carbocycles. The fourth-order valence-corrected chi connectivity index (χ4v) is 4.58. The van der Waals surface area contributed by atoms with Crippen molar-refractivity contribution < 1.29 is 9.53 Å². The summed E-state index contributed by atoms with van der Waals surface area (Å²) in [6.45, 7) is 8.74. The van der Waals surface area contributed by atoms with Gasteiger partial charge in [0.1, 0.15) is 18.2 Å². The van der Waals surface area contributed by atoms with Crippen LogP contribution in [0.1, 0.15) is 11.4 Å². The number of aryl methyl sites for hydroxylation is 2. The van der Waals surface area contributed by atoms with Crippen LogP contribution in [0, 0.1) is 13.8 Å². The normalized spacial score (nSPS) is 14.5. The molecule has 1 saturated heterocycles. The van der Waals surface area contributed by atoms with Gasteiger partial charge in [-0.3, -0.25) is 14.3 Å². The number of amides is 1. The average molecular weight is 452 g/mol. The smallest absolute Gasteiger partial charge is 0.233 e. The van der Waals surface area contributed by atoms with E-state index in [1.807, 2.05) is 46.7 Å². The van der Waals surface area contributed by atoms with Crippen LogP contribution in [0.4, 0.5) is 0 Å². The third kappa shape index (κ3) is 5.69. The molecule has 1 aliphatic heterocycles. The van der Waals surface area contributed by atoms with Crippen LogP contribution in [0.25, 0.3) is 5.69 Å². The monoisotopic (exact) mass is 451 g/mol. The van der Waals surface area contributed by atoms with E-state index in [2.05, 4.69) is 46.3 Å². The highest BCUT2D eigenvalue weighted by atomic mass is 32.2. The molecule has 0 aliphatic carbocycles. The largest absolute Gasteiger partial charge is 0.492 e. The molecule has 1 fully saturated rings. The van der Waals surface area contributed by atoms with Gasteiger partial charge in [-0.05, 0) is 38.1 Å². The molecule has 0 spiro atoms. The SMILES string of the molecule is Cc1ccc(-n2c(C)nnc2SCC(=O)N2CCN(CCOc3ccccc3)CC2)cc1. The van der Waals surface area contributed by atoms with Crippen LogP contribution in [0.5, 0.6) is 5.75 Å². The predicted octanol–water partition coefficient (Wildman–Crippen LogP) is 3.20. The highest BCUT2D eigenvalue weighted by molar-refractivity contribution is 7.99. The molecule has 32 heavy (non-hydrogen) atoms. The first-order chi connectivity index (χ1) is 15.6. The Labute approximate surface area is 193 Å². The van der Waals surface area contributed by atoms with E-state index in [1.54, 1.807) is 0 Å². The first kappa shape index (κ1) is 22.4. The second-order valence-corrected chi connectivity index (χ2v) is 8.82. The van der Waals surface area contributed by atoms with Crippen LogP contribution < -0.4 is 4.74 Å². The fraction of sp³-hybridized carbons (Fsp3) is 0.375. The van der Waals surface area contributed by atoms with Gasteiger partial charge in [-0.2, -0.15) is 0 Å². The van der Waals surface area contributed by atoms with Crippen molar-refractivity contribution in [2.24, 2.45) is 0 Å². The van der Waals surface area contributed by atoms with Gasteiger partial charge < -0.3 is 9.64 Å². The summed E-state index contributed by atoms with van der Waals surface area (Å²) in [6.07, 6.45) is 0. The van der Waals surface area contributed by atoms with Crippen molar-refractivity contribution in [3.63, 3.8) is 0 Å². The van der Waals surface area contributed by atoms with E-state index in [-0.39, 0.29) is 5.91 Å². The van der Waals surface area contributed by atoms with Crippen LogP contribution in [0.15, 0.2) is 59.8 Å². The standard InChI is InChI=1S/C24H29N5O2S/c1-19-8-10-21(11-9-19)29-20(2)25-26-24(29)32-18-23(30)28-14-12-27(13-15-28)16-17-31-22-6-4-3-5-7-22/h3-11H,12-18H2,1-2H3. The molecule has 1 aromatic heterocycles. The van der Waals surface area contributed by atoms with E-state index in [0.717, 1.165) is 55.1 Å². The summed E-state index contributed by atoms with van der Waals surface area (Å²) in [5, 5.41) is 9.25. The first-order valence-electron chi connectivity index (χ1n) is 10.9. The minimum absolute atomic E-state index is 0.145. The van der Waals surface area contributed by atoms with Gasteiger partial charge in [-0.15, -0.1) is 10.2 Å². The van der Waals surface area contributed by atoms with Crippen LogP contribution in [0.2, 0.25) is 0 Å². The third-order valence-electron chi connectivity index (χ3n) is 5.56. The summed E-state index contributed by atoms with van der Waals surface area (Å²) >= 11 is 1.45. The molecular weight excluding hydrogens is 422 g/mol. The molecule has 7 nitrogen and oxygen atoms in total. The number of rotatable bonds is 8. The summed E-state index contributed by atoms with van der Waals surface area (Å²) in [6, 6.07) is 18.1. The highest BCUT2D eigenvalue weighted by Crippen LogP contribution is 2.22. The molecule has 1 amide bonds. The van der Waals surface area contributed by atoms with Gasteiger partial charge in [0.2, 0.25) is 5.91 Å². The lowest BCUT2D eigenvalue weighted by Crippen LogP contribution is -2.50. The van der Waals surface area contributed by atoms with Crippen molar-refractivity contribution in [2.45, 2.75) is 19.0 Å². The Morgan fingerprint density at radius 1 is 0.969 bits per heavy atom. The molecular formula is C24H29N5O2S. The molecule has 2 heterocycles. The second kappa shape index (κ2) is 10.7. The van der Waals surface area contributed by atoms with Gasteiger partial charge in [0.15, 0.2) is 5.16 Å². The zero-order valence-electron chi connectivity index (χ0n) is 18.6. The maximum absolute atomic E-state index is 12.8. The fourth-order valence-electron chi connectivity index (χ4n) is 3.68. The molecule has 0 atom stereocenters. The summed E-state index contributed by atoms with van der Waals surface area (Å²) in [5.41, 5.74) is 2.22. The quantitative estimate of drug-likeness (QED) is 0.490. The Morgan fingerprint density at radius 2 is 1.69 bits per heavy atom. The number of hydrogen-bond donors (Lipinski definition) is 0. The maximum Gasteiger partial charge on any atom is 0.233 e. The molecule has 0 unspecified atom stereocenters. The molecule has 4 rings (SSSR count). The number of nitrogens with zero attached hydrogens (tertiary/aromatic N) is 5. The first-order valence-corrected chi connectivity index (χ1v) is 11.9. The Kier molecular flexibility index (Phi) is 7.44. The van der Waals surface area contributed by atoms with Crippen LogP contribution in [-0.2, 0) is 4.79 Å². The lowest BCUT2D eigenvalue weighted by Gasteiger charge is -2.34. The summed E-state index contributed by atoms with van der Waals surface area (Å²) < 4.78 is 7.79. The Bertz CT molecular complexity index is 1010. The number of piperazine rings is 1. The topological polar surface area (TPSA) is 63.5 Å². The van der Waals surface area contributed by atoms with Crippen LogP contribution >= 0.6 is 11.8 Å². The number of thioether (sulfide) groups is 1. The maximum atomic E-state index is 12.8. The molecule has 8 heteroatoms. The number of benzene rings is 2. The summed E-state index contributed by atoms with van der Waals surface area (Å²) in [5.74, 6) is 2.22. The summed E-state index contributed by atoms with van der Waals surface area (Å²) in [4.78, 5) is 17.1. The number of ether oxygens (including phenoxy) is 1. The summed E-state index contributed by atoms with van der Waals surface area (Å²) in [7, 11) is 0. The number of hydrogen-bond acceptors (Lipinski definition) is 6. The number of para-hydroxylation sites is 1. The average Bonchev–Trinajstić information content (AvgIpc) is 3.19. The Morgan fingerprint density at radius 3 is 2.41 bits per heavy atom. The second-order valence-electron chi connectivity index (χ2n) is 7.87. The minimum atomic E-state index is 0.145. The van der Waals surface area contributed by atoms with Crippen molar-refractivity contribution in [1.29, 1.82) is 0 Å². The lowest BCUT2D eigenvalue weighted by molar-refractivity contribution is -0.130. The molecule has 1 aliphatic rings. The van der Waals surface area contributed by atoms with Gasteiger partial charge in [0, 0.05) is 38.4 Å². The van der Waals surface area contributed by atoms with Crippen molar-refractivity contribution in [1.82, 2.24) is 24.6 Å². The third-order valence-corrected chi connectivity index (χ3v) is 6.47. The Balaban J connectivity index is 1.23. The van der Waals surface area contributed by atoms with Crippen molar-refractivity contribution in [2.75, 3.05) is 45.1 Å². The van der Waals surface area contributed by atoms with Crippen LogP contribution in [-0.4, -0.2) is 75.6 Å². The van der Waals surface area contributed by atoms with Gasteiger partial charge in [-0.25, -0.2) is 0 Å². The molecule has 0 N–H and O–H groups in total. The number of carbonyl (C=O) groups is 1.